The third kappa shape index (κ3) is 3.28. The number of H-pyrrole nitrogens is 1. The lowest BCUT2D eigenvalue weighted by Crippen LogP contribution is -2.29. The standard InChI is InChI=1S/C11H10FN5O3/c12-7-3-6(10(18)19)1-2-8(7)16-11(20)13-4-9-14-5-15-17-9/h1-3,5H,4H2,(H,18,19)(H2,13,16,20)(H,14,15,17). The molecule has 0 atom stereocenters. The van der Waals surface area contributed by atoms with Crippen LogP contribution in [0.2, 0.25) is 0 Å². The molecule has 104 valence electrons. The number of nitrogens with one attached hydrogen (secondary N) is 3. The van der Waals surface area contributed by atoms with Crippen molar-refractivity contribution in [2.24, 2.45) is 0 Å². The van der Waals surface area contributed by atoms with E-state index in [1.807, 2.05) is 0 Å². The number of halogens is 1. The fourth-order valence-corrected chi connectivity index (χ4v) is 1.40. The van der Waals surface area contributed by atoms with Crippen LogP contribution in [0.15, 0.2) is 24.5 Å². The molecule has 0 fully saturated rings. The predicted molar refractivity (Wildman–Crippen MR) is 65.6 cm³/mol. The first-order chi connectivity index (χ1) is 9.56. The number of hydrogen-bond donors (Lipinski definition) is 4. The molecule has 0 aliphatic rings. The Bertz CT molecular complexity index is 629. The molecule has 0 bridgehead atoms. The molecule has 0 unspecified atom stereocenters. The van der Waals surface area contributed by atoms with Crippen LogP contribution in [0.4, 0.5) is 14.9 Å². The van der Waals surface area contributed by atoms with E-state index in [-0.39, 0.29) is 17.8 Å². The van der Waals surface area contributed by atoms with E-state index in [1.54, 1.807) is 0 Å². The van der Waals surface area contributed by atoms with E-state index < -0.39 is 17.8 Å². The highest BCUT2D eigenvalue weighted by molar-refractivity contribution is 5.91. The molecule has 2 aromatic rings. The zero-order chi connectivity index (χ0) is 14.5. The summed E-state index contributed by atoms with van der Waals surface area (Å²) in [4.78, 5) is 25.9. The summed E-state index contributed by atoms with van der Waals surface area (Å²) in [6.07, 6.45) is 1.29. The number of aromatic carboxylic acids is 1. The van der Waals surface area contributed by atoms with Gasteiger partial charge in [-0.1, -0.05) is 0 Å². The first-order valence-electron chi connectivity index (χ1n) is 5.48. The quantitative estimate of drug-likeness (QED) is 0.664. The highest BCUT2D eigenvalue weighted by Gasteiger charge is 2.10. The van der Waals surface area contributed by atoms with Crippen LogP contribution in [0.3, 0.4) is 0 Å². The number of hydrogen-bond acceptors (Lipinski definition) is 4. The van der Waals surface area contributed by atoms with Crippen LogP contribution in [0, 0.1) is 5.82 Å². The molecule has 2 rings (SSSR count). The number of carbonyl (C=O) groups excluding carboxylic acids is 1. The number of anilines is 1. The van der Waals surface area contributed by atoms with Crippen molar-refractivity contribution in [1.82, 2.24) is 20.5 Å². The number of aromatic amines is 1. The minimum absolute atomic E-state index is 0.0979. The maximum atomic E-state index is 13.6. The fraction of sp³-hybridized carbons (Fsp3) is 0.0909. The Labute approximate surface area is 112 Å². The Morgan fingerprint density at radius 1 is 1.40 bits per heavy atom. The second-order valence-electron chi connectivity index (χ2n) is 3.74. The minimum atomic E-state index is -1.25. The summed E-state index contributed by atoms with van der Waals surface area (Å²) in [6.45, 7) is 0.0979. The fourth-order valence-electron chi connectivity index (χ4n) is 1.40. The zero-order valence-corrected chi connectivity index (χ0v) is 10.1. The Kier molecular flexibility index (Phi) is 3.89. The lowest BCUT2D eigenvalue weighted by Gasteiger charge is -2.07. The lowest BCUT2D eigenvalue weighted by atomic mass is 10.2. The van der Waals surface area contributed by atoms with Crippen LogP contribution in [-0.4, -0.2) is 32.3 Å². The monoisotopic (exact) mass is 279 g/mol. The van der Waals surface area contributed by atoms with Crippen molar-refractivity contribution in [2.75, 3.05) is 5.32 Å². The van der Waals surface area contributed by atoms with Gasteiger partial charge in [-0.25, -0.2) is 19.0 Å². The van der Waals surface area contributed by atoms with Crippen molar-refractivity contribution in [3.63, 3.8) is 0 Å². The number of benzene rings is 1. The number of amides is 2. The van der Waals surface area contributed by atoms with E-state index in [9.17, 15) is 14.0 Å². The number of rotatable bonds is 4. The number of carbonyl (C=O) groups is 2. The number of aromatic nitrogens is 3. The summed E-state index contributed by atoms with van der Waals surface area (Å²) in [5, 5.41) is 19.5. The van der Waals surface area contributed by atoms with Crippen LogP contribution in [-0.2, 0) is 6.54 Å². The molecule has 1 aromatic carbocycles. The van der Waals surface area contributed by atoms with Crippen molar-refractivity contribution in [3.05, 3.63) is 41.7 Å². The molecule has 0 aliphatic heterocycles. The van der Waals surface area contributed by atoms with E-state index in [1.165, 1.54) is 18.5 Å². The normalized spacial score (nSPS) is 10.1. The molecule has 1 aromatic heterocycles. The van der Waals surface area contributed by atoms with Gasteiger partial charge in [-0.05, 0) is 18.2 Å². The molecular weight excluding hydrogens is 269 g/mol. The van der Waals surface area contributed by atoms with Gasteiger partial charge in [-0.15, -0.1) is 0 Å². The molecule has 0 saturated heterocycles. The van der Waals surface area contributed by atoms with E-state index in [0.717, 1.165) is 6.07 Å². The number of urea groups is 1. The van der Waals surface area contributed by atoms with E-state index in [4.69, 9.17) is 5.11 Å². The Balaban J connectivity index is 1.95. The van der Waals surface area contributed by atoms with Gasteiger partial charge >= 0.3 is 12.0 Å². The SMILES string of the molecule is O=C(NCc1ncn[nH]1)Nc1ccc(C(=O)O)cc1F. The van der Waals surface area contributed by atoms with Gasteiger partial charge in [0.2, 0.25) is 0 Å². The smallest absolute Gasteiger partial charge is 0.335 e. The van der Waals surface area contributed by atoms with Crippen LogP contribution in [0.5, 0.6) is 0 Å². The maximum Gasteiger partial charge on any atom is 0.335 e. The molecule has 0 saturated carbocycles. The van der Waals surface area contributed by atoms with Gasteiger partial charge in [0.05, 0.1) is 17.8 Å². The highest BCUT2D eigenvalue weighted by Crippen LogP contribution is 2.15. The maximum absolute atomic E-state index is 13.6. The molecule has 20 heavy (non-hydrogen) atoms. The van der Waals surface area contributed by atoms with Gasteiger partial charge in [0.25, 0.3) is 0 Å². The summed E-state index contributed by atoms with van der Waals surface area (Å²) < 4.78 is 13.6. The number of carboxylic acids is 1. The third-order valence-electron chi connectivity index (χ3n) is 2.35. The topological polar surface area (TPSA) is 120 Å². The molecule has 2 amide bonds. The summed E-state index contributed by atoms with van der Waals surface area (Å²) >= 11 is 0. The lowest BCUT2D eigenvalue weighted by molar-refractivity contribution is 0.0696. The number of carboxylic acid groups (broad SMARTS) is 1. The van der Waals surface area contributed by atoms with E-state index in [0.29, 0.717) is 5.82 Å². The van der Waals surface area contributed by atoms with Crippen LogP contribution in [0.25, 0.3) is 0 Å². The summed E-state index contributed by atoms with van der Waals surface area (Å²) in [7, 11) is 0. The first kappa shape index (κ1) is 13.5. The van der Waals surface area contributed by atoms with E-state index >= 15 is 0 Å². The van der Waals surface area contributed by atoms with Crippen LogP contribution in [0.1, 0.15) is 16.2 Å². The summed E-state index contributed by atoms with van der Waals surface area (Å²) in [5.41, 5.74) is -0.319. The summed E-state index contributed by atoms with van der Waals surface area (Å²) in [5.74, 6) is -1.63. The third-order valence-corrected chi connectivity index (χ3v) is 2.35. The average molecular weight is 279 g/mol. The Morgan fingerprint density at radius 3 is 2.80 bits per heavy atom. The van der Waals surface area contributed by atoms with Gasteiger partial charge < -0.3 is 15.7 Å². The second-order valence-corrected chi connectivity index (χ2v) is 3.74. The van der Waals surface area contributed by atoms with Gasteiger partial charge in [-0.2, -0.15) is 5.10 Å². The Hall–Kier alpha value is -2.97. The Morgan fingerprint density at radius 2 is 2.20 bits per heavy atom. The zero-order valence-electron chi connectivity index (χ0n) is 10.1. The molecule has 9 heteroatoms. The minimum Gasteiger partial charge on any atom is -0.478 e. The van der Waals surface area contributed by atoms with Gasteiger partial charge in [0.15, 0.2) is 0 Å². The van der Waals surface area contributed by atoms with Crippen molar-refractivity contribution >= 4 is 17.7 Å². The molecular formula is C11H10FN5O3. The first-order valence-corrected chi connectivity index (χ1v) is 5.48. The molecule has 0 radical (unpaired) electrons. The second kappa shape index (κ2) is 5.78. The van der Waals surface area contributed by atoms with Gasteiger partial charge in [0, 0.05) is 0 Å². The van der Waals surface area contributed by atoms with Gasteiger partial charge in [0.1, 0.15) is 18.0 Å². The largest absolute Gasteiger partial charge is 0.478 e. The molecule has 0 spiro atoms. The molecule has 0 aliphatic carbocycles. The van der Waals surface area contributed by atoms with Gasteiger partial charge in [-0.3, -0.25) is 5.10 Å². The molecule has 1 heterocycles. The van der Waals surface area contributed by atoms with Crippen molar-refractivity contribution in [3.8, 4) is 0 Å². The molecule has 4 N–H and O–H groups in total. The molecule has 8 nitrogen and oxygen atoms in total. The highest BCUT2D eigenvalue weighted by atomic mass is 19.1. The van der Waals surface area contributed by atoms with Crippen molar-refractivity contribution in [1.29, 1.82) is 0 Å². The average Bonchev–Trinajstić information content (AvgIpc) is 2.91. The van der Waals surface area contributed by atoms with Crippen LogP contribution >= 0.6 is 0 Å². The van der Waals surface area contributed by atoms with Crippen molar-refractivity contribution < 1.29 is 19.1 Å². The van der Waals surface area contributed by atoms with Crippen molar-refractivity contribution in [2.45, 2.75) is 6.54 Å². The summed E-state index contributed by atoms with van der Waals surface area (Å²) in [6, 6.07) is 2.54. The van der Waals surface area contributed by atoms with Crippen LogP contribution < -0.4 is 10.6 Å². The predicted octanol–water partition coefficient (Wildman–Crippen LogP) is 0.964. The number of nitrogens with zero attached hydrogens (tertiary/aromatic N) is 2. The van der Waals surface area contributed by atoms with E-state index in [2.05, 4.69) is 25.8 Å².